The zero-order valence-corrected chi connectivity index (χ0v) is 12.6. The van der Waals surface area contributed by atoms with Gasteiger partial charge in [-0.1, -0.05) is 48.5 Å². The number of benzene rings is 1. The topological polar surface area (TPSA) is 42.7 Å². The van der Waals surface area contributed by atoms with Crippen LogP contribution in [0.5, 0.6) is 0 Å². The van der Waals surface area contributed by atoms with Crippen molar-refractivity contribution in [2.24, 2.45) is 7.05 Å². The molecule has 0 aliphatic heterocycles. The van der Waals surface area contributed by atoms with Crippen LogP contribution in [0.4, 0.5) is 0 Å². The summed E-state index contributed by atoms with van der Waals surface area (Å²) in [7, 11) is 3.92. The maximum atomic E-state index is 4.27. The minimum atomic E-state index is 0.294. The molecule has 102 valence electrons. The predicted octanol–water partition coefficient (Wildman–Crippen LogP) is 2.56. The van der Waals surface area contributed by atoms with E-state index >= 15 is 0 Å². The highest BCUT2D eigenvalue weighted by Gasteiger charge is 2.20. The van der Waals surface area contributed by atoms with Gasteiger partial charge in [-0.15, -0.1) is 0 Å². The van der Waals surface area contributed by atoms with E-state index in [0.29, 0.717) is 11.3 Å². The van der Waals surface area contributed by atoms with Crippen LogP contribution in [0.25, 0.3) is 0 Å². The fourth-order valence-corrected chi connectivity index (χ4v) is 3.14. The second-order valence-corrected chi connectivity index (χ2v) is 6.01. The molecular formula is C14H20N4S. The summed E-state index contributed by atoms with van der Waals surface area (Å²) in [6.45, 7) is 4.32. The molecule has 5 heteroatoms. The Labute approximate surface area is 118 Å². The number of aryl methyl sites for hydroxylation is 2. The number of hydrogen-bond donors (Lipinski definition) is 1. The lowest BCUT2D eigenvalue weighted by atomic mass is 10.0. The highest BCUT2D eigenvalue weighted by atomic mass is 32.2. The smallest absolute Gasteiger partial charge is 0.186 e. The highest BCUT2D eigenvalue weighted by Crippen LogP contribution is 2.30. The average Bonchev–Trinajstić information content (AvgIpc) is 2.78. The lowest BCUT2D eigenvalue weighted by Crippen LogP contribution is -2.25. The number of nitrogens with one attached hydrogen (secondary N) is 1. The van der Waals surface area contributed by atoms with Crippen molar-refractivity contribution in [3.63, 3.8) is 0 Å². The van der Waals surface area contributed by atoms with Gasteiger partial charge < -0.3 is 5.32 Å². The van der Waals surface area contributed by atoms with Gasteiger partial charge in [0, 0.05) is 18.3 Å². The van der Waals surface area contributed by atoms with Gasteiger partial charge in [0.25, 0.3) is 0 Å². The Hall–Kier alpha value is -1.33. The monoisotopic (exact) mass is 276 g/mol. The van der Waals surface area contributed by atoms with Crippen LogP contribution in [-0.4, -0.2) is 27.1 Å². The highest BCUT2D eigenvalue weighted by molar-refractivity contribution is 7.99. The van der Waals surface area contributed by atoms with E-state index in [2.05, 4.69) is 53.5 Å². The summed E-state index contributed by atoms with van der Waals surface area (Å²) in [4.78, 5) is 4.27. The molecule has 0 bridgehead atoms. The van der Waals surface area contributed by atoms with Crippen molar-refractivity contribution in [3.8, 4) is 0 Å². The fourth-order valence-electron chi connectivity index (χ4n) is 2.07. The van der Waals surface area contributed by atoms with Gasteiger partial charge in [-0.05, 0) is 19.5 Å². The molecule has 0 saturated carbocycles. The molecule has 1 aromatic heterocycles. The molecule has 1 N–H and O–H groups in total. The molecular weight excluding hydrogens is 256 g/mol. The molecule has 1 aromatic carbocycles. The minimum absolute atomic E-state index is 0.294. The van der Waals surface area contributed by atoms with E-state index in [0.717, 1.165) is 5.16 Å². The van der Waals surface area contributed by atoms with E-state index in [1.165, 1.54) is 11.1 Å². The van der Waals surface area contributed by atoms with Crippen molar-refractivity contribution in [1.82, 2.24) is 20.1 Å². The van der Waals surface area contributed by atoms with Gasteiger partial charge in [-0.2, -0.15) is 5.10 Å². The third-order valence-corrected chi connectivity index (χ3v) is 4.40. The molecule has 2 aromatic rings. The van der Waals surface area contributed by atoms with Crippen LogP contribution >= 0.6 is 11.8 Å². The van der Waals surface area contributed by atoms with Crippen LogP contribution in [0.1, 0.15) is 24.1 Å². The van der Waals surface area contributed by atoms with E-state index < -0.39 is 0 Å². The quantitative estimate of drug-likeness (QED) is 0.852. The van der Waals surface area contributed by atoms with Gasteiger partial charge in [-0.25, -0.2) is 9.67 Å². The third-order valence-electron chi connectivity index (χ3n) is 3.18. The Bertz CT molecular complexity index is 520. The molecule has 0 aliphatic rings. The Balaban J connectivity index is 2.13. The van der Waals surface area contributed by atoms with Gasteiger partial charge in [0.15, 0.2) is 5.16 Å². The molecule has 0 saturated heterocycles. The van der Waals surface area contributed by atoms with E-state index in [1.807, 2.05) is 18.8 Å². The van der Waals surface area contributed by atoms with Crippen molar-refractivity contribution in [2.45, 2.75) is 30.3 Å². The third kappa shape index (κ3) is 3.36. The molecule has 1 heterocycles. The molecule has 0 spiro atoms. The molecule has 19 heavy (non-hydrogen) atoms. The van der Waals surface area contributed by atoms with Crippen molar-refractivity contribution >= 4 is 11.8 Å². The van der Waals surface area contributed by atoms with E-state index in [9.17, 15) is 0 Å². The molecule has 2 unspecified atom stereocenters. The summed E-state index contributed by atoms with van der Waals surface area (Å²) in [6.07, 6.45) is 1.59. The standard InChI is InChI=1S/C14H20N4S/c1-10-5-7-12(8-6-10)13(15-3)11(2)19-14-16-9-17-18(14)4/h5-9,11,13,15H,1-4H3. The number of hydrogen-bond acceptors (Lipinski definition) is 4. The summed E-state index contributed by atoms with van der Waals surface area (Å²) in [5, 5.41) is 8.81. The zero-order valence-electron chi connectivity index (χ0n) is 11.8. The maximum Gasteiger partial charge on any atom is 0.186 e. The van der Waals surface area contributed by atoms with E-state index in [1.54, 1.807) is 18.1 Å². The van der Waals surface area contributed by atoms with E-state index in [-0.39, 0.29) is 0 Å². The van der Waals surface area contributed by atoms with Gasteiger partial charge in [0.05, 0.1) is 0 Å². The number of nitrogens with zero attached hydrogens (tertiary/aromatic N) is 3. The Kier molecular flexibility index (Phi) is 4.61. The van der Waals surface area contributed by atoms with Crippen molar-refractivity contribution in [2.75, 3.05) is 7.05 Å². The average molecular weight is 276 g/mol. The van der Waals surface area contributed by atoms with E-state index in [4.69, 9.17) is 0 Å². The second kappa shape index (κ2) is 6.21. The minimum Gasteiger partial charge on any atom is -0.312 e. The summed E-state index contributed by atoms with van der Waals surface area (Å²) >= 11 is 1.74. The largest absolute Gasteiger partial charge is 0.312 e. The van der Waals surface area contributed by atoms with Crippen molar-refractivity contribution in [3.05, 3.63) is 41.7 Å². The summed E-state index contributed by atoms with van der Waals surface area (Å²) in [5.41, 5.74) is 2.59. The van der Waals surface area contributed by atoms with Crippen molar-refractivity contribution < 1.29 is 0 Å². The van der Waals surface area contributed by atoms with Crippen molar-refractivity contribution in [1.29, 1.82) is 0 Å². The molecule has 0 amide bonds. The number of aromatic nitrogens is 3. The van der Waals surface area contributed by atoms with Crippen LogP contribution in [0.3, 0.4) is 0 Å². The van der Waals surface area contributed by atoms with Gasteiger partial charge in [-0.3, -0.25) is 0 Å². The van der Waals surface area contributed by atoms with Gasteiger partial charge in [0.1, 0.15) is 6.33 Å². The predicted molar refractivity (Wildman–Crippen MR) is 79.3 cm³/mol. The fraction of sp³-hybridized carbons (Fsp3) is 0.429. The van der Waals surface area contributed by atoms with Crippen LogP contribution in [0, 0.1) is 6.92 Å². The van der Waals surface area contributed by atoms with Crippen LogP contribution < -0.4 is 5.32 Å². The summed E-state index contributed by atoms with van der Waals surface area (Å²) in [6, 6.07) is 8.97. The van der Waals surface area contributed by atoms with Gasteiger partial charge >= 0.3 is 0 Å². The zero-order chi connectivity index (χ0) is 13.8. The molecule has 0 fully saturated rings. The first kappa shape index (κ1) is 14.1. The lowest BCUT2D eigenvalue weighted by molar-refractivity contribution is 0.585. The summed E-state index contributed by atoms with van der Waals surface area (Å²) < 4.78 is 1.81. The molecule has 4 nitrogen and oxygen atoms in total. The number of thioether (sulfide) groups is 1. The first-order valence-electron chi connectivity index (χ1n) is 6.36. The Morgan fingerprint density at radius 3 is 2.47 bits per heavy atom. The van der Waals surface area contributed by atoms with Crippen LogP contribution in [0.2, 0.25) is 0 Å². The number of rotatable bonds is 5. The molecule has 0 aliphatic carbocycles. The maximum absolute atomic E-state index is 4.27. The first-order chi connectivity index (χ1) is 9.11. The Morgan fingerprint density at radius 2 is 1.95 bits per heavy atom. The SMILES string of the molecule is CNC(c1ccc(C)cc1)C(C)Sc1ncnn1C. The lowest BCUT2D eigenvalue weighted by Gasteiger charge is -2.23. The molecule has 2 atom stereocenters. The summed E-state index contributed by atoms with van der Waals surface area (Å²) in [5.74, 6) is 0. The molecule has 2 rings (SSSR count). The van der Waals surface area contributed by atoms with Gasteiger partial charge in [0.2, 0.25) is 0 Å². The molecule has 0 radical (unpaired) electrons. The van der Waals surface area contributed by atoms with Crippen LogP contribution in [-0.2, 0) is 7.05 Å². The normalized spacial score (nSPS) is 14.3. The second-order valence-electron chi connectivity index (χ2n) is 4.67. The Morgan fingerprint density at radius 1 is 1.26 bits per heavy atom. The first-order valence-corrected chi connectivity index (χ1v) is 7.24. The van der Waals surface area contributed by atoms with Crippen LogP contribution in [0.15, 0.2) is 35.7 Å².